The Morgan fingerprint density at radius 3 is 2.62 bits per heavy atom. The molecule has 2 aromatic carbocycles. The number of halogens is 1. The summed E-state index contributed by atoms with van der Waals surface area (Å²) >= 11 is 6.26. The number of hydrogen-bond acceptors (Lipinski definition) is 6. The van der Waals surface area contributed by atoms with E-state index in [9.17, 15) is 19.5 Å². The van der Waals surface area contributed by atoms with Gasteiger partial charge in [0.15, 0.2) is 0 Å². The minimum absolute atomic E-state index is 0.133. The standard InChI is InChI=1S/C27H30ClN3O6/c1-2-36-17-10-8-16(9-11-17)29-24(33)21-20-12-13-27(37-20)22(21)26(35)31(14-5-15-32)23(27)25(34)30-19-7-4-3-6-18(19)28/h3-4,6-11,20-23,32H,2,5,12-15H2,1H3,(H,29,33)(H,30,34)/t20-,21+,22-,23?,27?/m0/s1. The Hall–Kier alpha value is -3.14. The summed E-state index contributed by atoms with van der Waals surface area (Å²) in [5, 5.41) is 15.6. The summed E-state index contributed by atoms with van der Waals surface area (Å²) in [6, 6.07) is 13.0. The second-order valence-electron chi connectivity index (χ2n) is 9.58. The van der Waals surface area contributed by atoms with Gasteiger partial charge >= 0.3 is 0 Å². The average Bonchev–Trinajstić information content (AvgIpc) is 3.53. The molecule has 3 heterocycles. The van der Waals surface area contributed by atoms with Crippen LogP contribution in [-0.4, -0.2) is 65.2 Å². The van der Waals surface area contributed by atoms with E-state index in [1.807, 2.05) is 6.92 Å². The molecule has 2 bridgehead atoms. The molecule has 196 valence electrons. The van der Waals surface area contributed by atoms with Crippen molar-refractivity contribution in [2.24, 2.45) is 11.8 Å². The Morgan fingerprint density at radius 2 is 1.92 bits per heavy atom. The summed E-state index contributed by atoms with van der Waals surface area (Å²) in [6.45, 7) is 2.47. The third kappa shape index (κ3) is 4.45. The van der Waals surface area contributed by atoms with E-state index in [1.54, 1.807) is 48.5 Å². The molecule has 0 radical (unpaired) electrons. The average molecular weight is 528 g/mol. The smallest absolute Gasteiger partial charge is 0.250 e. The number of nitrogens with zero attached hydrogens (tertiary/aromatic N) is 1. The fraction of sp³-hybridized carbons (Fsp3) is 0.444. The summed E-state index contributed by atoms with van der Waals surface area (Å²) in [5.41, 5.74) is -0.106. The number of nitrogens with one attached hydrogen (secondary N) is 2. The third-order valence-electron chi connectivity index (χ3n) is 7.47. The number of ether oxygens (including phenoxy) is 2. The van der Waals surface area contributed by atoms with E-state index in [2.05, 4.69) is 10.6 Å². The molecule has 0 aromatic heterocycles. The van der Waals surface area contributed by atoms with Crippen LogP contribution >= 0.6 is 11.6 Å². The molecule has 2 aromatic rings. The summed E-state index contributed by atoms with van der Waals surface area (Å²) in [6.07, 6.45) is 0.885. The van der Waals surface area contributed by atoms with Crippen LogP contribution in [0.25, 0.3) is 0 Å². The molecule has 1 spiro atoms. The van der Waals surface area contributed by atoms with Crippen LogP contribution in [0.3, 0.4) is 0 Å². The maximum absolute atomic E-state index is 13.8. The lowest BCUT2D eigenvalue weighted by atomic mass is 9.70. The highest BCUT2D eigenvalue weighted by Crippen LogP contribution is 2.58. The summed E-state index contributed by atoms with van der Waals surface area (Å²) < 4.78 is 11.8. The topological polar surface area (TPSA) is 117 Å². The highest BCUT2D eigenvalue weighted by atomic mass is 35.5. The van der Waals surface area contributed by atoms with Gasteiger partial charge in [0.1, 0.15) is 17.4 Å². The predicted octanol–water partition coefficient (Wildman–Crippen LogP) is 3.07. The second-order valence-corrected chi connectivity index (χ2v) is 9.99. The molecule has 9 nitrogen and oxygen atoms in total. The van der Waals surface area contributed by atoms with Crippen molar-refractivity contribution in [2.75, 3.05) is 30.4 Å². The number of aliphatic hydroxyl groups is 1. The quantitative estimate of drug-likeness (QED) is 0.461. The number of carbonyl (C=O) groups is 3. The second kappa shape index (κ2) is 10.3. The Labute approximate surface area is 220 Å². The van der Waals surface area contributed by atoms with Gasteiger partial charge in [0.25, 0.3) is 0 Å². The van der Waals surface area contributed by atoms with Gasteiger partial charge in [-0.3, -0.25) is 14.4 Å². The van der Waals surface area contributed by atoms with Gasteiger partial charge in [0, 0.05) is 18.8 Å². The number of likely N-dealkylation sites (tertiary alicyclic amines) is 1. The van der Waals surface area contributed by atoms with Gasteiger partial charge in [-0.05, 0) is 62.6 Å². The molecule has 3 saturated heterocycles. The molecule has 3 amide bonds. The largest absolute Gasteiger partial charge is 0.494 e. The van der Waals surface area contributed by atoms with Crippen LogP contribution in [0.1, 0.15) is 26.2 Å². The zero-order chi connectivity index (χ0) is 26.2. The number of anilines is 2. The molecule has 0 saturated carbocycles. The van der Waals surface area contributed by atoms with E-state index in [0.717, 1.165) is 0 Å². The Balaban J connectivity index is 1.42. The van der Waals surface area contributed by atoms with Crippen molar-refractivity contribution in [2.45, 2.75) is 43.9 Å². The van der Waals surface area contributed by atoms with Crippen LogP contribution in [0, 0.1) is 11.8 Å². The number of amides is 3. The van der Waals surface area contributed by atoms with Crippen molar-refractivity contribution in [3.8, 4) is 5.75 Å². The number of para-hydroxylation sites is 1. The first-order valence-corrected chi connectivity index (χ1v) is 13.0. The lowest BCUT2D eigenvalue weighted by molar-refractivity contribution is -0.139. The van der Waals surface area contributed by atoms with Crippen LogP contribution in [0.5, 0.6) is 5.75 Å². The number of rotatable bonds is 9. The van der Waals surface area contributed by atoms with E-state index in [1.165, 1.54) is 4.90 Å². The Kier molecular flexibility index (Phi) is 7.11. The zero-order valence-electron chi connectivity index (χ0n) is 20.5. The fourth-order valence-electron chi connectivity index (χ4n) is 6.03. The molecule has 2 unspecified atom stereocenters. The van der Waals surface area contributed by atoms with E-state index in [-0.39, 0.29) is 25.0 Å². The van der Waals surface area contributed by atoms with Gasteiger partial charge in [0.05, 0.1) is 35.3 Å². The Morgan fingerprint density at radius 1 is 1.16 bits per heavy atom. The molecule has 5 atom stereocenters. The number of aliphatic hydroxyl groups excluding tert-OH is 1. The van der Waals surface area contributed by atoms with E-state index >= 15 is 0 Å². The van der Waals surface area contributed by atoms with Crippen LogP contribution in [-0.2, 0) is 19.1 Å². The summed E-state index contributed by atoms with van der Waals surface area (Å²) in [5.74, 6) is -1.88. The molecular weight excluding hydrogens is 498 g/mol. The van der Waals surface area contributed by atoms with Gasteiger partial charge in [-0.1, -0.05) is 23.7 Å². The third-order valence-corrected chi connectivity index (χ3v) is 7.80. The minimum Gasteiger partial charge on any atom is -0.494 e. The van der Waals surface area contributed by atoms with Crippen LogP contribution in [0.4, 0.5) is 11.4 Å². The molecule has 0 aliphatic carbocycles. The maximum Gasteiger partial charge on any atom is 0.250 e. The first-order valence-electron chi connectivity index (χ1n) is 12.6. The molecule has 10 heteroatoms. The number of benzene rings is 2. The van der Waals surface area contributed by atoms with Gasteiger partial charge < -0.3 is 30.1 Å². The monoisotopic (exact) mass is 527 g/mol. The Bertz CT molecular complexity index is 1190. The van der Waals surface area contributed by atoms with Crippen LogP contribution < -0.4 is 15.4 Å². The van der Waals surface area contributed by atoms with Crippen molar-refractivity contribution in [1.82, 2.24) is 4.90 Å². The number of carbonyl (C=O) groups excluding carboxylic acids is 3. The van der Waals surface area contributed by atoms with Gasteiger partial charge in [-0.2, -0.15) is 0 Å². The minimum atomic E-state index is -1.12. The van der Waals surface area contributed by atoms with Crippen LogP contribution in [0.2, 0.25) is 5.02 Å². The molecule has 3 aliphatic heterocycles. The van der Waals surface area contributed by atoms with Gasteiger partial charge in [-0.25, -0.2) is 0 Å². The molecular formula is C27H30ClN3O6. The SMILES string of the molecule is CCOc1ccc(NC(=O)[C@@H]2[C@@H]3CCC4(O3)C(C(=O)Nc3ccccc3Cl)N(CCCO)C(=O)[C@H]24)cc1. The van der Waals surface area contributed by atoms with Crippen molar-refractivity contribution >= 4 is 40.7 Å². The highest BCUT2D eigenvalue weighted by molar-refractivity contribution is 6.33. The molecule has 37 heavy (non-hydrogen) atoms. The summed E-state index contributed by atoms with van der Waals surface area (Å²) in [4.78, 5) is 42.3. The van der Waals surface area contributed by atoms with E-state index in [0.29, 0.717) is 48.0 Å². The maximum atomic E-state index is 13.8. The lowest BCUT2D eigenvalue weighted by Gasteiger charge is -2.33. The molecule has 3 aliphatic rings. The molecule has 3 N–H and O–H groups in total. The van der Waals surface area contributed by atoms with Crippen molar-refractivity contribution in [1.29, 1.82) is 0 Å². The molecule has 3 fully saturated rings. The van der Waals surface area contributed by atoms with Gasteiger partial charge in [-0.15, -0.1) is 0 Å². The van der Waals surface area contributed by atoms with Crippen molar-refractivity contribution in [3.63, 3.8) is 0 Å². The van der Waals surface area contributed by atoms with E-state index < -0.39 is 35.5 Å². The van der Waals surface area contributed by atoms with Gasteiger partial charge in [0.2, 0.25) is 17.7 Å². The predicted molar refractivity (Wildman–Crippen MR) is 137 cm³/mol. The normalized spacial score (nSPS) is 27.8. The van der Waals surface area contributed by atoms with Crippen molar-refractivity contribution < 1.29 is 29.0 Å². The van der Waals surface area contributed by atoms with E-state index in [4.69, 9.17) is 21.1 Å². The molecule has 5 rings (SSSR count). The summed E-state index contributed by atoms with van der Waals surface area (Å²) in [7, 11) is 0. The zero-order valence-corrected chi connectivity index (χ0v) is 21.2. The number of hydrogen-bond donors (Lipinski definition) is 3. The van der Waals surface area contributed by atoms with Crippen LogP contribution in [0.15, 0.2) is 48.5 Å². The first-order chi connectivity index (χ1) is 17.9. The fourth-order valence-corrected chi connectivity index (χ4v) is 6.21. The van der Waals surface area contributed by atoms with Crippen molar-refractivity contribution in [3.05, 3.63) is 53.6 Å². The first kappa shape index (κ1) is 25.5. The lowest BCUT2D eigenvalue weighted by Crippen LogP contribution is -2.53. The highest BCUT2D eigenvalue weighted by Gasteiger charge is 2.74. The number of fused-ring (bicyclic) bond motifs is 1.